The number of methoxy groups -OCH3 is 3. The largest absolute Gasteiger partial charge is 0.497 e. The monoisotopic (exact) mass is 296 g/mol. The van der Waals surface area contributed by atoms with Crippen LogP contribution in [0.2, 0.25) is 0 Å². The molecule has 0 unspecified atom stereocenters. The predicted octanol–water partition coefficient (Wildman–Crippen LogP) is 1.46. The number of aryl methyl sites for hydroxylation is 1. The molecule has 5 nitrogen and oxygen atoms in total. The highest BCUT2D eigenvalue weighted by Crippen LogP contribution is 2.23. The Bertz CT molecular complexity index is 364. The van der Waals surface area contributed by atoms with Crippen LogP contribution in [-0.2, 0) is 11.2 Å². The molecule has 120 valence electrons. The van der Waals surface area contributed by atoms with Gasteiger partial charge in [-0.25, -0.2) is 0 Å². The Balaban J connectivity index is 2.15. The van der Waals surface area contributed by atoms with Crippen molar-refractivity contribution in [2.75, 3.05) is 54.1 Å². The molecule has 0 saturated carbocycles. The van der Waals surface area contributed by atoms with Crippen molar-refractivity contribution >= 4 is 0 Å². The molecule has 21 heavy (non-hydrogen) atoms. The molecule has 0 aliphatic heterocycles. The molecule has 0 spiro atoms. The van der Waals surface area contributed by atoms with Gasteiger partial charge in [0.2, 0.25) is 0 Å². The molecule has 0 amide bonds. The summed E-state index contributed by atoms with van der Waals surface area (Å²) in [4.78, 5) is 0. The smallest absolute Gasteiger partial charge is 0.122 e. The van der Waals surface area contributed by atoms with Crippen LogP contribution < -0.4 is 20.1 Å². The highest BCUT2D eigenvalue weighted by Gasteiger charge is 2.01. The number of ether oxygens (including phenoxy) is 3. The van der Waals surface area contributed by atoms with Gasteiger partial charge in [-0.3, -0.25) is 0 Å². The minimum atomic E-state index is 0.762. The zero-order valence-electron chi connectivity index (χ0n) is 13.4. The molecule has 0 aliphatic rings. The SMILES string of the molecule is COCCNCCNCCCc1cc(OC)cc(OC)c1. The van der Waals surface area contributed by atoms with Gasteiger partial charge in [0.25, 0.3) is 0 Å². The van der Waals surface area contributed by atoms with Crippen molar-refractivity contribution in [3.05, 3.63) is 23.8 Å². The highest BCUT2D eigenvalue weighted by molar-refractivity contribution is 5.38. The Morgan fingerprint density at radius 3 is 2.00 bits per heavy atom. The van der Waals surface area contributed by atoms with Gasteiger partial charge in [-0.15, -0.1) is 0 Å². The van der Waals surface area contributed by atoms with E-state index in [1.807, 2.05) is 6.07 Å². The van der Waals surface area contributed by atoms with E-state index in [2.05, 4.69) is 22.8 Å². The van der Waals surface area contributed by atoms with Crippen molar-refractivity contribution in [2.24, 2.45) is 0 Å². The number of benzene rings is 1. The van der Waals surface area contributed by atoms with E-state index >= 15 is 0 Å². The fourth-order valence-corrected chi connectivity index (χ4v) is 2.03. The number of hydrogen-bond donors (Lipinski definition) is 2. The van der Waals surface area contributed by atoms with Crippen LogP contribution in [0.15, 0.2) is 18.2 Å². The first-order chi connectivity index (χ1) is 10.3. The molecule has 0 heterocycles. The fraction of sp³-hybridized carbons (Fsp3) is 0.625. The number of nitrogens with one attached hydrogen (secondary N) is 2. The summed E-state index contributed by atoms with van der Waals surface area (Å²) in [5.41, 5.74) is 1.24. The third-order valence-corrected chi connectivity index (χ3v) is 3.19. The van der Waals surface area contributed by atoms with Crippen molar-refractivity contribution < 1.29 is 14.2 Å². The summed E-state index contributed by atoms with van der Waals surface area (Å²) in [5.74, 6) is 1.69. The van der Waals surface area contributed by atoms with E-state index in [0.717, 1.165) is 57.1 Å². The van der Waals surface area contributed by atoms with E-state index in [9.17, 15) is 0 Å². The molecule has 0 atom stereocenters. The van der Waals surface area contributed by atoms with Crippen LogP contribution in [0, 0.1) is 0 Å². The van der Waals surface area contributed by atoms with Gasteiger partial charge in [-0.1, -0.05) is 0 Å². The lowest BCUT2D eigenvalue weighted by atomic mass is 10.1. The zero-order valence-corrected chi connectivity index (χ0v) is 13.4. The second-order valence-electron chi connectivity index (χ2n) is 4.82. The van der Waals surface area contributed by atoms with Crippen LogP contribution in [0.25, 0.3) is 0 Å². The van der Waals surface area contributed by atoms with Crippen molar-refractivity contribution in [3.63, 3.8) is 0 Å². The maximum Gasteiger partial charge on any atom is 0.122 e. The molecule has 0 fully saturated rings. The molecule has 1 rings (SSSR count). The number of hydrogen-bond acceptors (Lipinski definition) is 5. The van der Waals surface area contributed by atoms with E-state index in [1.165, 1.54) is 5.56 Å². The van der Waals surface area contributed by atoms with Crippen LogP contribution in [0.3, 0.4) is 0 Å². The van der Waals surface area contributed by atoms with Crippen molar-refractivity contribution in [1.82, 2.24) is 10.6 Å². The Hall–Kier alpha value is -1.30. The average Bonchev–Trinajstić information content (AvgIpc) is 2.52. The lowest BCUT2D eigenvalue weighted by molar-refractivity contribution is 0.199. The second-order valence-corrected chi connectivity index (χ2v) is 4.82. The maximum atomic E-state index is 5.27. The van der Waals surface area contributed by atoms with E-state index in [0.29, 0.717) is 0 Å². The van der Waals surface area contributed by atoms with Crippen molar-refractivity contribution in [1.29, 1.82) is 0 Å². The third kappa shape index (κ3) is 7.90. The molecule has 1 aromatic rings. The van der Waals surface area contributed by atoms with E-state index in [4.69, 9.17) is 14.2 Å². The molecule has 0 radical (unpaired) electrons. The van der Waals surface area contributed by atoms with Gasteiger partial charge in [0.15, 0.2) is 0 Å². The first-order valence-electron chi connectivity index (χ1n) is 7.42. The molecule has 5 heteroatoms. The second kappa shape index (κ2) is 11.4. The Morgan fingerprint density at radius 1 is 0.810 bits per heavy atom. The number of rotatable bonds is 12. The minimum Gasteiger partial charge on any atom is -0.497 e. The molecule has 0 aliphatic carbocycles. The summed E-state index contributed by atoms with van der Waals surface area (Å²) in [6.07, 6.45) is 2.10. The van der Waals surface area contributed by atoms with Crippen LogP contribution in [-0.4, -0.2) is 54.1 Å². The standard InChI is InChI=1S/C16H28N2O3/c1-19-10-9-18-8-7-17-6-4-5-14-11-15(20-2)13-16(12-14)21-3/h11-13,17-18H,4-10H2,1-3H3. The van der Waals surface area contributed by atoms with Crippen LogP contribution in [0.5, 0.6) is 11.5 Å². The molecule has 0 aromatic heterocycles. The predicted molar refractivity (Wildman–Crippen MR) is 85.5 cm³/mol. The van der Waals surface area contributed by atoms with Gasteiger partial charge in [0.1, 0.15) is 11.5 Å². The van der Waals surface area contributed by atoms with Gasteiger partial charge in [0, 0.05) is 32.8 Å². The topological polar surface area (TPSA) is 51.8 Å². The summed E-state index contributed by atoms with van der Waals surface area (Å²) < 4.78 is 15.5. The van der Waals surface area contributed by atoms with Gasteiger partial charge in [0.05, 0.1) is 20.8 Å². The van der Waals surface area contributed by atoms with Gasteiger partial charge in [-0.2, -0.15) is 0 Å². The molecular formula is C16H28N2O3. The average molecular weight is 296 g/mol. The quantitative estimate of drug-likeness (QED) is 0.572. The first kappa shape index (κ1) is 17.8. The minimum absolute atomic E-state index is 0.762. The molecule has 0 saturated heterocycles. The first-order valence-corrected chi connectivity index (χ1v) is 7.42. The van der Waals surface area contributed by atoms with Crippen LogP contribution in [0.1, 0.15) is 12.0 Å². The van der Waals surface area contributed by atoms with Crippen LogP contribution >= 0.6 is 0 Å². The summed E-state index contributed by atoms with van der Waals surface area (Å²) in [5, 5.41) is 6.73. The zero-order chi connectivity index (χ0) is 15.3. The summed E-state index contributed by atoms with van der Waals surface area (Å²) >= 11 is 0. The normalized spacial score (nSPS) is 10.6. The molecule has 1 aromatic carbocycles. The van der Waals surface area contributed by atoms with E-state index in [1.54, 1.807) is 21.3 Å². The van der Waals surface area contributed by atoms with Gasteiger partial charge < -0.3 is 24.8 Å². The third-order valence-electron chi connectivity index (χ3n) is 3.19. The Kier molecular flexibility index (Phi) is 9.61. The van der Waals surface area contributed by atoms with Crippen molar-refractivity contribution in [2.45, 2.75) is 12.8 Å². The molecule has 2 N–H and O–H groups in total. The summed E-state index contributed by atoms with van der Waals surface area (Å²) in [6.45, 7) is 4.62. The van der Waals surface area contributed by atoms with E-state index in [-0.39, 0.29) is 0 Å². The van der Waals surface area contributed by atoms with Gasteiger partial charge in [-0.05, 0) is 37.1 Å². The fourth-order valence-electron chi connectivity index (χ4n) is 2.03. The lowest BCUT2D eigenvalue weighted by Gasteiger charge is -2.09. The van der Waals surface area contributed by atoms with E-state index < -0.39 is 0 Å². The summed E-state index contributed by atoms with van der Waals surface area (Å²) in [7, 11) is 5.07. The highest BCUT2D eigenvalue weighted by atomic mass is 16.5. The summed E-state index contributed by atoms with van der Waals surface area (Å²) in [6, 6.07) is 6.02. The van der Waals surface area contributed by atoms with Crippen molar-refractivity contribution in [3.8, 4) is 11.5 Å². The van der Waals surface area contributed by atoms with Gasteiger partial charge >= 0.3 is 0 Å². The maximum absolute atomic E-state index is 5.27. The molecule has 0 bridgehead atoms. The Labute approximate surface area is 128 Å². The lowest BCUT2D eigenvalue weighted by Crippen LogP contribution is -2.30. The molecular weight excluding hydrogens is 268 g/mol. The van der Waals surface area contributed by atoms with Crippen LogP contribution in [0.4, 0.5) is 0 Å². The Morgan fingerprint density at radius 2 is 1.43 bits per heavy atom.